The molecule has 0 atom stereocenters. The molecule has 2 rings (SSSR count). The molecule has 0 unspecified atom stereocenters. The van der Waals surface area contributed by atoms with Crippen LogP contribution in [-0.2, 0) is 0 Å². The van der Waals surface area contributed by atoms with Crippen molar-refractivity contribution in [2.75, 3.05) is 0 Å². The summed E-state index contributed by atoms with van der Waals surface area (Å²) in [6.45, 7) is 3.94. The monoisotopic (exact) mass is 225 g/mol. The number of azide groups is 1. The Morgan fingerprint density at radius 2 is 1.44 bits per heavy atom. The Hall–Kier alpha value is -0.730. The van der Waals surface area contributed by atoms with Crippen molar-refractivity contribution in [2.24, 2.45) is 5.11 Å². The summed E-state index contributed by atoms with van der Waals surface area (Å²) in [5.74, 6) is 0. The lowest BCUT2D eigenvalue weighted by Gasteiger charge is -2.13. The zero-order chi connectivity index (χ0) is 12.1. The van der Waals surface area contributed by atoms with E-state index in [0.29, 0.717) is 0 Å². The summed E-state index contributed by atoms with van der Waals surface area (Å²) in [6, 6.07) is 0. The van der Waals surface area contributed by atoms with Gasteiger partial charge in [-0.2, -0.15) is 0 Å². The van der Waals surface area contributed by atoms with Crippen molar-refractivity contribution in [3.63, 3.8) is 0 Å². The summed E-state index contributed by atoms with van der Waals surface area (Å²) in [4.78, 5) is 2.81. The Balaban J connectivity index is 0.000000165. The molecule has 16 heavy (non-hydrogen) atoms. The van der Waals surface area contributed by atoms with E-state index in [9.17, 15) is 5.11 Å². The van der Waals surface area contributed by atoms with Crippen molar-refractivity contribution in [3.05, 3.63) is 10.4 Å². The van der Waals surface area contributed by atoms with Gasteiger partial charge in [-0.15, -0.1) is 0 Å². The van der Waals surface area contributed by atoms with E-state index < -0.39 is 0 Å². The summed E-state index contributed by atoms with van der Waals surface area (Å²) < 4.78 is 0. The first-order valence-electron chi connectivity index (χ1n) is 6.26. The summed E-state index contributed by atoms with van der Waals surface area (Å²) in [5, 5.41) is 12.9. The van der Waals surface area contributed by atoms with Crippen LogP contribution in [0, 0.1) is 0 Å². The highest BCUT2D eigenvalue weighted by atomic mass is 16.3. The predicted octanol–water partition coefficient (Wildman–Crippen LogP) is 3.94. The third-order valence-corrected chi connectivity index (χ3v) is 3.65. The molecule has 0 saturated heterocycles. The van der Waals surface area contributed by atoms with Gasteiger partial charge >= 0.3 is 0 Å². The van der Waals surface area contributed by atoms with E-state index in [1.807, 2.05) is 13.8 Å². The summed E-state index contributed by atoms with van der Waals surface area (Å²) >= 11 is 0. The van der Waals surface area contributed by atoms with E-state index >= 15 is 0 Å². The van der Waals surface area contributed by atoms with Gasteiger partial charge < -0.3 is 5.11 Å². The molecule has 4 nitrogen and oxygen atoms in total. The average molecular weight is 225 g/mol. The predicted molar refractivity (Wildman–Crippen MR) is 65.1 cm³/mol. The topological polar surface area (TPSA) is 69.0 Å². The number of aliphatic hydroxyl groups is 1. The van der Waals surface area contributed by atoms with Crippen LogP contribution in [0.3, 0.4) is 0 Å². The number of hydrogen-bond donors (Lipinski definition) is 1. The van der Waals surface area contributed by atoms with Crippen LogP contribution < -0.4 is 0 Å². The quantitative estimate of drug-likeness (QED) is 0.410. The number of nitrogens with zero attached hydrogens (tertiary/aromatic N) is 3. The molecule has 0 aromatic carbocycles. The highest BCUT2D eigenvalue weighted by Crippen LogP contribution is 2.32. The fourth-order valence-corrected chi connectivity index (χ4v) is 2.48. The zero-order valence-corrected chi connectivity index (χ0v) is 10.4. The highest BCUT2D eigenvalue weighted by molar-refractivity contribution is 4.88. The van der Waals surface area contributed by atoms with Gasteiger partial charge in [-0.25, -0.2) is 0 Å². The zero-order valence-electron chi connectivity index (χ0n) is 10.4. The molecule has 2 aliphatic rings. The standard InChI is InChI=1S/C6H11N3.C6H12O/c1-6(8-9-7)4-2-3-5-6;1-6(7)4-2-3-5-6/h2-5H2,1H3;7H,2-5H2,1H3. The van der Waals surface area contributed by atoms with Crippen LogP contribution in [0.4, 0.5) is 0 Å². The fourth-order valence-electron chi connectivity index (χ4n) is 2.48. The molecule has 0 radical (unpaired) electrons. The van der Waals surface area contributed by atoms with Crippen LogP contribution in [0.5, 0.6) is 0 Å². The van der Waals surface area contributed by atoms with Crippen molar-refractivity contribution in [1.29, 1.82) is 0 Å². The van der Waals surface area contributed by atoms with E-state index in [1.54, 1.807) is 0 Å². The van der Waals surface area contributed by atoms with Crippen molar-refractivity contribution < 1.29 is 5.11 Å². The third-order valence-electron chi connectivity index (χ3n) is 3.65. The van der Waals surface area contributed by atoms with Crippen molar-refractivity contribution in [2.45, 2.75) is 76.4 Å². The Kier molecular flexibility index (Phi) is 4.63. The smallest absolute Gasteiger partial charge is 0.0619 e. The van der Waals surface area contributed by atoms with E-state index in [4.69, 9.17) is 5.53 Å². The second kappa shape index (κ2) is 5.55. The average Bonchev–Trinajstić information content (AvgIpc) is 2.77. The normalized spacial score (nSPS) is 25.4. The van der Waals surface area contributed by atoms with Crippen LogP contribution in [0.2, 0.25) is 0 Å². The van der Waals surface area contributed by atoms with Crippen molar-refractivity contribution >= 4 is 0 Å². The van der Waals surface area contributed by atoms with Crippen LogP contribution >= 0.6 is 0 Å². The molecule has 0 aromatic heterocycles. The summed E-state index contributed by atoms with van der Waals surface area (Å²) in [6.07, 6.45) is 9.01. The van der Waals surface area contributed by atoms with Gasteiger partial charge in [0.25, 0.3) is 0 Å². The third kappa shape index (κ3) is 4.42. The van der Waals surface area contributed by atoms with Crippen LogP contribution in [0.15, 0.2) is 5.11 Å². The molecule has 0 heterocycles. The lowest BCUT2D eigenvalue weighted by molar-refractivity contribution is 0.0681. The van der Waals surface area contributed by atoms with Gasteiger partial charge in [0.1, 0.15) is 0 Å². The molecule has 4 heteroatoms. The molecular weight excluding hydrogens is 202 g/mol. The second-order valence-corrected chi connectivity index (χ2v) is 5.60. The Bertz CT molecular complexity index is 255. The van der Waals surface area contributed by atoms with Gasteiger partial charge in [-0.05, 0) is 38.1 Å². The van der Waals surface area contributed by atoms with Crippen LogP contribution in [-0.4, -0.2) is 16.2 Å². The molecule has 2 fully saturated rings. The van der Waals surface area contributed by atoms with Gasteiger partial charge in [-0.1, -0.05) is 37.7 Å². The van der Waals surface area contributed by atoms with Gasteiger partial charge in [0.15, 0.2) is 0 Å². The first-order chi connectivity index (χ1) is 7.47. The van der Waals surface area contributed by atoms with Crippen LogP contribution in [0.1, 0.15) is 65.2 Å². The minimum Gasteiger partial charge on any atom is -0.390 e. The molecule has 0 bridgehead atoms. The van der Waals surface area contributed by atoms with Gasteiger partial charge in [0.05, 0.1) is 5.60 Å². The lowest BCUT2D eigenvalue weighted by Crippen LogP contribution is -2.17. The Morgan fingerprint density at radius 3 is 1.75 bits per heavy atom. The Labute approximate surface area is 97.7 Å². The van der Waals surface area contributed by atoms with Gasteiger partial charge in [0.2, 0.25) is 0 Å². The number of rotatable bonds is 1. The molecule has 0 aliphatic heterocycles. The van der Waals surface area contributed by atoms with E-state index in [1.165, 1.54) is 25.7 Å². The fraction of sp³-hybridized carbons (Fsp3) is 1.00. The highest BCUT2D eigenvalue weighted by Gasteiger charge is 2.26. The first kappa shape index (κ1) is 13.3. The Morgan fingerprint density at radius 1 is 1.00 bits per heavy atom. The van der Waals surface area contributed by atoms with Crippen LogP contribution in [0.25, 0.3) is 10.4 Å². The molecule has 2 saturated carbocycles. The largest absolute Gasteiger partial charge is 0.390 e. The summed E-state index contributed by atoms with van der Waals surface area (Å²) in [7, 11) is 0. The molecule has 0 aromatic rings. The maximum Gasteiger partial charge on any atom is 0.0619 e. The maximum atomic E-state index is 9.19. The minimum absolute atomic E-state index is 0.0469. The van der Waals surface area contributed by atoms with E-state index in [-0.39, 0.29) is 11.1 Å². The van der Waals surface area contributed by atoms with Crippen molar-refractivity contribution in [1.82, 2.24) is 0 Å². The lowest BCUT2D eigenvalue weighted by atomic mass is 10.0. The SMILES string of the molecule is CC1(N=[N+]=[N-])CCCC1.CC1(O)CCCC1. The molecule has 92 valence electrons. The minimum atomic E-state index is -0.306. The molecule has 0 spiro atoms. The molecule has 1 N–H and O–H groups in total. The van der Waals surface area contributed by atoms with Crippen molar-refractivity contribution in [3.8, 4) is 0 Å². The van der Waals surface area contributed by atoms with Gasteiger partial charge in [0, 0.05) is 10.5 Å². The van der Waals surface area contributed by atoms with E-state index in [2.05, 4.69) is 10.0 Å². The second-order valence-electron chi connectivity index (χ2n) is 5.60. The first-order valence-corrected chi connectivity index (χ1v) is 6.26. The number of hydrogen-bond acceptors (Lipinski definition) is 2. The van der Waals surface area contributed by atoms with Gasteiger partial charge in [-0.3, -0.25) is 0 Å². The molecule has 2 aliphatic carbocycles. The maximum absolute atomic E-state index is 9.19. The molecule has 0 amide bonds. The summed E-state index contributed by atoms with van der Waals surface area (Å²) in [5.41, 5.74) is 7.80. The van der Waals surface area contributed by atoms with E-state index in [0.717, 1.165) is 25.7 Å². The molecular formula is C12H23N3O.